The molecule has 28 heavy (non-hydrogen) atoms. The van der Waals surface area contributed by atoms with Crippen LogP contribution in [0.3, 0.4) is 0 Å². The van der Waals surface area contributed by atoms with Crippen LogP contribution in [-0.2, 0) is 0 Å². The van der Waals surface area contributed by atoms with E-state index in [0.717, 1.165) is 0 Å². The fourth-order valence-corrected chi connectivity index (χ4v) is 2.38. The minimum atomic E-state index is 1.17. The van der Waals surface area contributed by atoms with Crippen molar-refractivity contribution in [2.75, 3.05) is 0 Å². The molecule has 1 aliphatic carbocycles. The van der Waals surface area contributed by atoms with Crippen molar-refractivity contribution in [1.82, 2.24) is 0 Å². The summed E-state index contributed by atoms with van der Waals surface area (Å²) in [5.41, 5.74) is 0. The van der Waals surface area contributed by atoms with E-state index in [1.807, 2.05) is 85.1 Å². The standard InChI is InChI=1S/C28H34/c1-2-4-6-8-10-12-14-16-18-20-22-24-26-28-27-25-23-21-19-17-15-13-11-9-7-5-3-1/h1-22H,23-28H2/b2-1+,5-3+,6-4+,9-7-,10-8-,13-11-,14-12+,17-15-,18-16+,21-19?,22-20+. The van der Waals surface area contributed by atoms with Gasteiger partial charge in [0.05, 0.1) is 0 Å². The van der Waals surface area contributed by atoms with E-state index in [1.54, 1.807) is 0 Å². The molecule has 0 aliphatic heterocycles. The van der Waals surface area contributed by atoms with Crippen LogP contribution in [0.5, 0.6) is 0 Å². The molecule has 0 bridgehead atoms. The molecule has 0 aromatic heterocycles. The molecule has 0 spiro atoms. The Labute approximate surface area is 172 Å². The van der Waals surface area contributed by atoms with Crippen LogP contribution in [0.2, 0.25) is 0 Å². The van der Waals surface area contributed by atoms with Gasteiger partial charge in [-0.05, 0) is 25.7 Å². The zero-order valence-corrected chi connectivity index (χ0v) is 16.9. The molecule has 0 heterocycles. The van der Waals surface area contributed by atoms with Gasteiger partial charge < -0.3 is 0 Å². The fraction of sp³-hybridized carbons (Fsp3) is 0.214. The lowest BCUT2D eigenvalue weighted by Crippen LogP contribution is -1.76. The molecule has 0 nitrogen and oxygen atoms in total. The van der Waals surface area contributed by atoms with Crippen molar-refractivity contribution in [3.8, 4) is 0 Å². The van der Waals surface area contributed by atoms with E-state index in [4.69, 9.17) is 0 Å². The summed E-state index contributed by atoms with van der Waals surface area (Å²) in [5.74, 6) is 0. The first-order chi connectivity index (χ1) is 14.0. The largest absolute Gasteiger partial charge is 0.0845 e. The molecule has 0 saturated carbocycles. The van der Waals surface area contributed by atoms with Gasteiger partial charge in [0.1, 0.15) is 0 Å². The summed E-state index contributed by atoms with van der Waals surface area (Å²) in [7, 11) is 0. The molecule has 0 radical (unpaired) electrons. The van der Waals surface area contributed by atoms with E-state index in [0.29, 0.717) is 0 Å². The molecule has 146 valence electrons. The van der Waals surface area contributed by atoms with Crippen molar-refractivity contribution < 1.29 is 0 Å². The fourth-order valence-electron chi connectivity index (χ4n) is 2.38. The van der Waals surface area contributed by atoms with Crippen LogP contribution in [0, 0.1) is 0 Å². The van der Waals surface area contributed by atoms with E-state index in [2.05, 4.69) is 48.6 Å². The van der Waals surface area contributed by atoms with Crippen molar-refractivity contribution in [3.05, 3.63) is 134 Å². The predicted molar refractivity (Wildman–Crippen MR) is 128 cm³/mol. The lowest BCUT2D eigenvalue weighted by molar-refractivity contribution is 0.652. The molecule has 0 unspecified atom stereocenters. The van der Waals surface area contributed by atoms with Gasteiger partial charge in [-0.2, -0.15) is 0 Å². The van der Waals surface area contributed by atoms with E-state index in [1.165, 1.54) is 38.5 Å². The summed E-state index contributed by atoms with van der Waals surface area (Å²) >= 11 is 0. The Hall–Kier alpha value is -2.86. The van der Waals surface area contributed by atoms with Gasteiger partial charge in [0, 0.05) is 0 Å². The highest BCUT2D eigenvalue weighted by Gasteiger charge is 1.86. The second kappa shape index (κ2) is 20.5. The first-order valence-corrected chi connectivity index (χ1v) is 10.3. The predicted octanol–water partition coefficient (Wildman–Crippen LogP) is 8.46. The van der Waals surface area contributed by atoms with Crippen molar-refractivity contribution in [1.29, 1.82) is 0 Å². The first kappa shape index (κ1) is 23.2. The Kier molecular flexibility index (Phi) is 16.9. The van der Waals surface area contributed by atoms with E-state index < -0.39 is 0 Å². The normalized spacial score (nSPS) is 29.1. The van der Waals surface area contributed by atoms with Crippen molar-refractivity contribution >= 4 is 0 Å². The zero-order chi connectivity index (χ0) is 19.8. The minimum Gasteiger partial charge on any atom is -0.0845 e. The zero-order valence-electron chi connectivity index (χ0n) is 16.9. The molecule has 0 atom stereocenters. The Morgan fingerprint density at radius 3 is 0.679 bits per heavy atom. The van der Waals surface area contributed by atoms with E-state index in [9.17, 15) is 0 Å². The molecule has 0 fully saturated rings. The minimum absolute atomic E-state index is 1.17. The first-order valence-electron chi connectivity index (χ1n) is 10.3. The summed E-state index contributed by atoms with van der Waals surface area (Å²) in [6.07, 6.45) is 53.0. The number of hydrogen-bond donors (Lipinski definition) is 0. The second-order valence-corrected chi connectivity index (χ2v) is 6.31. The highest BCUT2D eigenvalue weighted by molar-refractivity contribution is 5.22. The summed E-state index contributed by atoms with van der Waals surface area (Å²) < 4.78 is 0. The third-order valence-corrected chi connectivity index (χ3v) is 3.87. The second-order valence-electron chi connectivity index (χ2n) is 6.31. The van der Waals surface area contributed by atoms with Crippen LogP contribution in [-0.4, -0.2) is 0 Å². The van der Waals surface area contributed by atoms with Crippen LogP contribution in [0.1, 0.15) is 38.5 Å². The van der Waals surface area contributed by atoms with Crippen LogP contribution < -0.4 is 0 Å². The summed E-state index contributed by atoms with van der Waals surface area (Å²) in [5, 5.41) is 0. The van der Waals surface area contributed by atoms with Crippen molar-refractivity contribution in [2.45, 2.75) is 38.5 Å². The third kappa shape index (κ3) is 17.9. The van der Waals surface area contributed by atoms with Gasteiger partial charge in [-0.1, -0.05) is 147 Å². The molecule has 0 N–H and O–H groups in total. The summed E-state index contributed by atoms with van der Waals surface area (Å²) in [6.45, 7) is 0. The van der Waals surface area contributed by atoms with Gasteiger partial charge in [-0.25, -0.2) is 0 Å². The van der Waals surface area contributed by atoms with Crippen LogP contribution in [0.4, 0.5) is 0 Å². The lowest BCUT2D eigenvalue weighted by atomic mass is 10.1. The van der Waals surface area contributed by atoms with Crippen LogP contribution in [0.25, 0.3) is 0 Å². The third-order valence-electron chi connectivity index (χ3n) is 3.87. The molecule has 0 aromatic rings. The molecular formula is C28H34. The number of allylic oxidation sites excluding steroid dienone is 22. The Balaban J connectivity index is 2.50. The molecular weight excluding hydrogens is 336 g/mol. The lowest BCUT2D eigenvalue weighted by Gasteiger charge is -1.96. The van der Waals surface area contributed by atoms with Gasteiger partial charge in [0.2, 0.25) is 0 Å². The topological polar surface area (TPSA) is 0 Å². The molecule has 0 saturated heterocycles. The maximum Gasteiger partial charge on any atom is -0.0348 e. The van der Waals surface area contributed by atoms with Gasteiger partial charge in [0.15, 0.2) is 0 Å². The monoisotopic (exact) mass is 370 g/mol. The summed E-state index contributed by atoms with van der Waals surface area (Å²) in [6, 6.07) is 0. The van der Waals surface area contributed by atoms with Gasteiger partial charge in [-0.15, -0.1) is 0 Å². The van der Waals surface area contributed by atoms with Crippen molar-refractivity contribution in [3.63, 3.8) is 0 Å². The average molecular weight is 371 g/mol. The van der Waals surface area contributed by atoms with E-state index >= 15 is 0 Å². The highest BCUT2D eigenvalue weighted by atomic mass is 13.9. The Morgan fingerprint density at radius 2 is 0.429 bits per heavy atom. The molecule has 0 amide bonds. The van der Waals surface area contributed by atoms with Crippen LogP contribution >= 0.6 is 0 Å². The van der Waals surface area contributed by atoms with Gasteiger partial charge in [-0.3, -0.25) is 0 Å². The number of hydrogen-bond acceptors (Lipinski definition) is 0. The van der Waals surface area contributed by atoms with Gasteiger partial charge in [0.25, 0.3) is 0 Å². The smallest absolute Gasteiger partial charge is 0.0348 e. The maximum atomic E-state index is 2.26. The molecule has 1 rings (SSSR count). The van der Waals surface area contributed by atoms with E-state index in [-0.39, 0.29) is 0 Å². The molecule has 0 heteroatoms. The number of rotatable bonds is 0. The van der Waals surface area contributed by atoms with Gasteiger partial charge >= 0.3 is 0 Å². The maximum absolute atomic E-state index is 2.26. The molecule has 0 aromatic carbocycles. The SMILES string of the molecule is C1=CCCCCCC/C=C/C=C/C=C/C=C\C=C\C=C\C=C\C=C/C=C\C=C/1. The molecule has 1 aliphatic rings. The summed E-state index contributed by atoms with van der Waals surface area (Å²) in [4.78, 5) is 0. The average Bonchev–Trinajstić information content (AvgIpc) is 2.71. The van der Waals surface area contributed by atoms with Crippen LogP contribution in [0.15, 0.2) is 134 Å². The quantitative estimate of drug-likeness (QED) is 0.401. The highest BCUT2D eigenvalue weighted by Crippen LogP contribution is 2.06. The van der Waals surface area contributed by atoms with Crippen molar-refractivity contribution in [2.24, 2.45) is 0 Å². The Bertz CT molecular complexity index is 620. The Morgan fingerprint density at radius 1 is 0.214 bits per heavy atom.